The molecule has 90 valence electrons. The first kappa shape index (κ1) is 13.2. The minimum absolute atomic E-state index is 0.103. The predicted molar refractivity (Wildman–Crippen MR) is 68.9 cm³/mol. The number of hydrogen-bond acceptors (Lipinski definition) is 3. The van der Waals surface area contributed by atoms with E-state index in [1.807, 2.05) is 38.4 Å². The lowest BCUT2D eigenvalue weighted by Gasteiger charge is -2.22. The van der Waals surface area contributed by atoms with E-state index in [1.165, 1.54) is 0 Å². The maximum absolute atomic E-state index is 12.0. The Morgan fingerprint density at radius 2 is 2.19 bits per heavy atom. The van der Waals surface area contributed by atoms with Crippen molar-refractivity contribution < 1.29 is 4.79 Å². The van der Waals surface area contributed by atoms with E-state index in [2.05, 4.69) is 10.6 Å². The Labute approximate surface area is 101 Å². The minimum Gasteiger partial charge on any atom is -0.355 e. The van der Waals surface area contributed by atoms with Gasteiger partial charge in [0.1, 0.15) is 0 Å². The molecule has 1 aromatic rings. The van der Waals surface area contributed by atoms with Gasteiger partial charge in [-0.15, -0.1) is 11.3 Å². The van der Waals surface area contributed by atoms with Gasteiger partial charge in [-0.3, -0.25) is 4.79 Å². The van der Waals surface area contributed by atoms with Crippen LogP contribution in [0.5, 0.6) is 0 Å². The van der Waals surface area contributed by atoms with Gasteiger partial charge in [-0.05, 0) is 45.3 Å². The average molecular weight is 240 g/mol. The van der Waals surface area contributed by atoms with E-state index in [1.54, 1.807) is 11.3 Å². The molecule has 0 fully saturated rings. The van der Waals surface area contributed by atoms with Crippen LogP contribution >= 0.6 is 11.3 Å². The molecule has 0 bridgehead atoms. The molecule has 0 radical (unpaired) electrons. The largest absolute Gasteiger partial charge is 0.355 e. The highest BCUT2D eigenvalue weighted by Crippen LogP contribution is 2.27. The summed E-state index contributed by atoms with van der Waals surface area (Å²) in [6, 6.07) is 3.99. The third-order valence-corrected chi connectivity index (χ3v) is 3.79. The molecule has 1 heterocycles. The molecule has 0 spiro atoms. The number of carbonyl (C=O) groups is 1. The van der Waals surface area contributed by atoms with Gasteiger partial charge < -0.3 is 10.6 Å². The van der Waals surface area contributed by atoms with E-state index < -0.39 is 5.41 Å². The Kier molecular flexibility index (Phi) is 4.96. The number of amides is 1. The van der Waals surface area contributed by atoms with Crippen LogP contribution in [0.3, 0.4) is 0 Å². The summed E-state index contributed by atoms with van der Waals surface area (Å²) in [6.07, 6.45) is 0.961. The lowest BCUT2D eigenvalue weighted by atomic mass is 9.90. The molecule has 0 aliphatic rings. The lowest BCUT2D eigenvalue weighted by molar-refractivity contribution is -0.125. The van der Waals surface area contributed by atoms with Crippen LogP contribution < -0.4 is 10.6 Å². The van der Waals surface area contributed by atoms with Crippen molar-refractivity contribution in [3.63, 3.8) is 0 Å². The van der Waals surface area contributed by atoms with E-state index in [0.29, 0.717) is 0 Å². The van der Waals surface area contributed by atoms with Crippen molar-refractivity contribution in [3.8, 4) is 0 Å². The van der Waals surface area contributed by atoms with Gasteiger partial charge in [0.15, 0.2) is 0 Å². The number of carbonyl (C=O) groups excluding carboxylic acids is 1. The molecule has 4 heteroatoms. The Morgan fingerprint density at radius 3 is 2.75 bits per heavy atom. The first-order valence-corrected chi connectivity index (χ1v) is 6.44. The lowest BCUT2D eigenvalue weighted by Crippen LogP contribution is -2.40. The van der Waals surface area contributed by atoms with Gasteiger partial charge in [0.05, 0.1) is 5.41 Å². The fraction of sp³-hybridized carbons (Fsp3) is 0.583. The van der Waals surface area contributed by atoms with Gasteiger partial charge in [0.2, 0.25) is 5.91 Å². The second-order valence-corrected chi connectivity index (χ2v) is 5.26. The van der Waals surface area contributed by atoms with Crippen LogP contribution in [-0.4, -0.2) is 26.0 Å². The number of rotatable bonds is 6. The topological polar surface area (TPSA) is 41.1 Å². The number of nitrogens with one attached hydrogen (secondary N) is 2. The normalized spacial score (nSPS) is 11.4. The van der Waals surface area contributed by atoms with Crippen molar-refractivity contribution in [2.45, 2.75) is 25.7 Å². The molecule has 2 N–H and O–H groups in total. The molecule has 0 saturated carbocycles. The fourth-order valence-electron chi connectivity index (χ4n) is 1.43. The van der Waals surface area contributed by atoms with E-state index in [0.717, 1.165) is 24.4 Å². The second-order valence-electron chi connectivity index (χ2n) is 4.32. The van der Waals surface area contributed by atoms with Crippen molar-refractivity contribution in [2.75, 3.05) is 20.1 Å². The van der Waals surface area contributed by atoms with E-state index >= 15 is 0 Å². The average Bonchev–Trinajstić information content (AvgIpc) is 2.77. The summed E-state index contributed by atoms with van der Waals surface area (Å²) in [6.45, 7) is 5.59. The summed E-state index contributed by atoms with van der Waals surface area (Å²) in [5.74, 6) is 0.103. The first-order valence-electron chi connectivity index (χ1n) is 5.56. The molecule has 0 aliphatic heterocycles. The molecule has 0 atom stereocenters. The molecule has 0 unspecified atom stereocenters. The van der Waals surface area contributed by atoms with Gasteiger partial charge in [0, 0.05) is 11.4 Å². The monoisotopic (exact) mass is 240 g/mol. The number of thiophene rings is 1. The maximum atomic E-state index is 12.0. The van der Waals surface area contributed by atoms with Crippen LogP contribution in [0.2, 0.25) is 0 Å². The van der Waals surface area contributed by atoms with Crippen LogP contribution in [0.1, 0.15) is 25.1 Å². The van der Waals surface area contributed by atoms with Gasteiger partial charge >= 0.3 is 0 Å². The summed E-state index contributed by atoms with van der Waals surface area (Å²) < 4.78 is 0. The summed E-state index contributed by atoms with van der Waals surface area (Å²) in [5, 5.41) is 8.04. The van der Waals surface area contributed by atoms with Gasteiger partial charge in [-0.1, -0.05) is 6.07 Å². The smallest absolute Gasteiger partial charge is 0.230 e. The van der Waals surface area contributed by atoms with E-state index in [9.17, 15) is 4.79 Å². The molecule has 1 rings (SSSR count). The van der Waals surface area contributed by atoms with Crippen LogP contribution in [0.15, 0.2) is 17.5 Å². The highest BCUT2D eigenvalue weighted by Gasteiger charge is 2.30. The zero-order chi connectivity index (χ0) is 12.0. The SMILES string of the molecule is CNCCCNC(=O)C(C)(C)c1cccs1. The van der Waals surface area contributed by atoms with E-state index in [-0.39, 0.29) is 5.91 Å². The molecular weight excluding hydrogens is 220 g/mol. The zero-order valence-electron chi connectivity index (χ0n) is 10.2. The summed E-state index contributed by atoms with van der Waals surface area (Å²) in [4.78, 5) is 13.1. The van der Waals surface area contributed by atoms with Gasteiger partial charge in [-0.2, -0.15) is 0 Å². The third-order valence-electron chi connectivity index (χ3n) is 2.59. The highest BCUT2D eigenvalue weighted by atomic mass is 32.1. The van der Waals surface area contributed by atoms with Crippen LogP contribution in [-0.2, 0) is 10.2 Å². The molecule has 1 aromatic heterocycles. The molecule has 0 aliphatic carbocycles. The van der Waals surface area contributed by atoms with Crippen molar-refractivity contribution in [3.05, 3.63) is 22.4 Å². The van der Waals surface area contributed by atoms with Gasteiger partial charge in [-0.25, -0.2) is 0 Å². The van der Waals surface area contributed by atoms with Crippen molar-refractivity contribution >= 4 is 17.2 Å². The molecule has 0 saturated heterocycles. The van der Waals surface area contributed by atoms with Crippen molar-refractivity contribution in [2.24, 2.45) is 0 Å². The summed E-state index contributed by atoms with van der Waals surface area (Å²) >= 11 is 1.63. The quantitative estimate of drug-likeness (QED) is 0.744. The molecule has 16 heavy (non-hydrogen) atoms. The van der Waals surface area contributed by atoms with Crippen molar-refractivity contribution in [1.82, 2.24) is 10.6 Å². The Hall–Kier alpha value is -0.870. The first-order chi connectivity index (χ1) is 7.59. The van der Waals surface area contributed by atoms with Crippen LogP contribution in [0.25, 0.3) is 0 Å². The summed E-state index contributed by atoms with van der Waals surface area (Å²) in [7, 11) is 1.91. The number of hydrogen-bond donors (Lipinski definition) is 2. The standard InChI is InChI=1S/C12H20N2OS/c1-12(2,10-6-4-9-16-10)11(15)14-8-5-7-13-3/h4,6,9,13H,5,7-8H2,1-3H3,(H,14,15). The third kappa shape index (κ3) is 3.32. The van der Waals surface area contributed by atoms with E-state index in [4.69, 9.17) is 0 Å². The molecule has 0 aromatic carbocycles. The van der Waals surface area contributed by atoms with Crippen LogP contribution in [0.4, 0.5) is 0 Å². The van der Waals surface area contributed by atoms with Gasteiger partial charge in [0.25, 0.3) is 0 Å². The predicted octanol–water partition coefficient (Wildman–Crippen LogP) is 1.75. The molecule has 3 nitrogen and oxygen atoms in total. The molecular formula is C12H20N2OS. The zero-order valence-corrected chi connectivity index (χ0v) is 11.0. The Morgan fingerprint density at radius 1 is 1.44 bits per heavy atom. The van der Waals surface area contributed by atoms with Crippen molar-refractivity contribution in [1.29, 1.82) is 0 Å². The Balaban J connectivity index is 2.46. The summed E-state index contributed by atoms with van der Waals surface area (Å²) in [5.41, 5.74) is -0.423. The fourth-order valence-corrected chi connectivity index (χ4v) is 2.28. The molecule has 1 amide bonds. The minimum atomic E-state index is -0.423. The highest BCUT2D eigenvalue weighted by molar-refractivity contribution is 7.10. The Bertz CT molecular complexity index is 320. The maximum Gasteiger partial charge on any atom is 0.230 e. The second kappa shape index (κ2) is 6.01. The van der Waals surface area contributed by atoms with Crippen LogP contribution in [0, 0.1) is 0 Å².